The highest BCUT2D eigenvalue weighted by Gasteiger charge is 2.17. The maximum atomic E-state index is 12.7. The molecule has 168 valence electrons. The molecule has 0 spiro atoms. The fourth-order valence-electron chi connectivity index (χ4n) is 3.45. The topological polar surface area (TPSA) is 104 Å². The average molecular weight is 446 g/mol. The third-order valence-corrected chi connectivity index (χ3v) is 6.53. The van der Waals surface area contributed by atoms with Crippen LogP contribution < -0.4 is 15.8 Å². The quantitative estimate of drug-likeness (QED) is 0.507. The highest BCUT2D eigenvalue weighted by atomic mass is 32.2. The van der Waals surface area contributed by atoms with Crippen LogP contribution in [0.25, 0.3) is 11.1 Å². The Bertz CT molecular complexity index is 1130. The van der Waals surface area contributed by atoms with E-state index in [0.717, 1.165) is 5.56 Å². The van der Waals surface area contributed by atoms with Crippen LogP contribution in [0.3, 0.4) is 0 Å². The number of oxazole rings is 1. The van der Waals surface area contributed by atoms with Crippen molar-refractivity contribution in [1.29, 1.82) is 0 Å². The van der Waals surface area contributed by atoms with Crippen molar-refractivity contribution in [2.24, 2.45) is 0 Å². The summed E-state index contributed by atoms with van der Waals surface area (Å²) in [5, 5.41) is 3.27. The molecule has 4 rings (SSSR count). The van der Waals surface area contributed by atoms with Crippen molar-refractivity contribution < 1.29 is 12.8 Å². The zero-order chi connectivity index (χ0) is 22.3. The molecule has 0 saturated heterocycles. The van der Waals surface area contributed by atoms with Crippen LogP contribution in [0.1, 0.15) is 57.9 Å². The van der Waals surface area contributed by atoms with Gasteiger partial charge in [0.25, 0.3) is 10.0 Å². The lowest BCUT2D eigenvalue weighted by Crippen LogP contribution is -2.23. The van der Waals surface area contributed by atoms with Gasteiger partial charge in [0.1, 0.15) is 0 Å². The van der Waals surface area contributed by atoms with E-state index in [-0.39, 0.29) is 10.9 Å². The Labute approximate surface area is 183 Å². The SMILES string of the molecule is C1CCCCC1.CC(C)NCc1ccccc1NS(=O)(=O)c1ccc2oc(=O)[nH]c2c1. The second-order valence-electron chi connectivity index (χ2n) is 8.09. The largest absolute Gasteiger partial charge is 0.417 e. The number of hydrogen-bond acceptors (Lipinski definition) is 5. The summed E-state index contributed by atoms with van der Waals surface area (Å²) in [6, 6.07) is 11.7. The summed E-state index contributed by atoms with van der Waals surface area (Å²) in [4.78, 5) is 13.7. The number of rotatable bonds is 6. The number of anilines is 1. The third kappa shape index (κ3) is 6.70. The summed E-state index contributed by atoms with van der Waals surface area (Å²) < 4.78 is 32.9. The second kappa shape index (κ2) is 10.6. The number of aromatic nitrogens is 1. The van der Waals surface area contributed by atoms with Crippen LogP contribution in [0.5, 0.6) is 0 Å². The van der Waals surface area contributed by atoms with Gasteiger partial charge in [0, 0.05) is 12.6 Å². The number of para-hydroxylation sites is 1. The first-order valence-electron chi connectivity index (χ1n) is 10.8. The molecule has 2 aromatic carbocycles. The maximum absolute atomic E-state index is 12.7. The Morgan fingerprint density at radius 1 is 1.00 bits per heavy atom. The van der Waals surface area contributed by atoms with Crippen LogP contribution in [-0.2, 0) is 16.6 Å². The van der Waals surface area contributed by atoms with Crippen molar-refractivity contribution in [2.75, 3.05) is 4.72 Å². The molecule has 1 aromatic heterocycles. The average Bonchev–Trinajstić information content (AvgIpc) is 3.14. The number of H-pyrrole nitrogens is 1. The van der Waals surface area contributed by atoms with Crippen LogP contribution in [-0.4, -0.2) is 19.4 Å². The monoisotopic (exact) mass is 445 g/mol. The minimum Gasteiger partial charge on any atom is -0.408 e. The summed E-state index contributed by atoms with van der Waals surface area (Å²) in [5.41, 5.74) is 2.00. The van der Waals surface area contributed by atoms with E-state index >= 15 is 0 Å². The van der Waals surface area contributed by atoms with Crippen LogP contribution in [0.2, 0.25) is 0 Å². The molecule has 3 aromatic rings. The van der Waals surface area contributed by atoms with E-state index in [1.807, 2.05) is 26.0 Å². The van der Waals surface area contributed by atoms with Crippen molar-refractivity contribution >= 4 is 26.8 Å². The van der Waals surface area contributed by atoms with Gasteiger partial charge < -0.3 is 9.73 Å². The lowest BCUT2D eigenvalue weighted by molar-refractivity contribution is 0.504. The number of hydrogen-bond donors (Lipinski definition) is 3. The van der Waals surface area contributed by atoms with Gasteiger partial charge in [-0.05, 0) is 29.8 Å². The van der Waals surface area contributed by atoms with E-state index < -0.39 is 15.8 Å². The van der Waals surface area contributed by atoms with Crippen molar-refractivity contribution in [2.45, 2.75) is 69.9 Å². The number of sulfonamides is 1. The third-order valence-electron chi connectivity index (χ3n) is 5.16. The van der Waals surface area contributed by atoms with Crippen molar-refractivity contribution in [3.63, 3.8) is 0 Å². The fraction of sp³-hybridized carbons (Fsp3) is 0.435. The first kappa shape index (κ1) is 23.1. The maximum Gasteiger partial charge on any atom is 0.417 e. The predicted molar refractivity (Wildman–Crippen MR) is 124 cm³/mol. The second-order valence-corrected chi connectivity index (χ2v) is 9.77. The number of nitrogens with one attached hydrogen (secondary N) is 3. The molecule has 0 atom stereocenters. The Balaban J connectivity index is 0.000000391. The molecule has 0 amide bonds. The molecule has 1 aliphatic carbocycles. The molecule has 0 bridgehead atoms. The van der Waals surface area contributed by atoms with Gasteiger partial charge in [-0.2, -0.15) is 0 Å². The zero-order valence-corrected chi connectivity index (χ0v) is 18.9. The predicted octanol–water partition coefficient (Wildman–Crippen LogP) is 4.76. The Kier molecular flexibility index (Phi) is 7.92. The summed E-state index contributed by atoms with van der Waals surface area (Å²) >= 11 is 0. The number of aromatic amines is 1. The van der Waals surface area contributed by atoms with E-state index in [4.69, 9.17) is 4.42 Å². The van der Waals surface area contributed by atoms with E-state index in [1.165, 1.54) is 56.7 Å². The lowest BCUT2D eigenvalue weighted by atomic mass is 10.0. The summed E-state index contributed by atoms with van der Waals surface area (Å²) in [6.45, 7) is 4.59. The van der Waals surface area contributed by atoms with Crippen molar-refractivity contribution in [3.05, 3.63) is 58.6 Å². The van der Waals surface area contributed by atoms with E-state index in [0.29, 0.717) is 23.3 Å². The molecular weight excluding hydrogens is 414 g/mol. The molecule has 0 aliphatic heterocycles. The van der Waals surface area contributed by atoms with E-state index in [9.17, 15) is 13.2 Å². The van der Waals surface area contributed by atoms with Crippen molar-refractivity contribution in [1.82, 2.24) is 10.3 Å². The van der Waals surface area contributed by atoms with E-state index in [2.05, 4.69) is 15.0 Å². The minimum absolute atomic E-state index is 0.0451. The molecule has 0 unspecified atom stereocenters. The molecule has 31 heavy (non-hydrogen) atoms. The van der Waals surface area contributed by atoms with E-state index in [1.54, 1.807) is 12.1 Å². The summed E-state index contributed by atoms with van der Waals surface area (Å²) in [7, 11) is -3.80. The molecule has 0 radical (unpaired) electrons. The van der Waals surface area contributed by atoms with Crippen LogP contribution >= 0.6 is 0 Å². The van der Waals surface area contributed by atoms with Crippen molar-refractivity contribution in [3.8, 4) is 0 Å². The number of benzene rings is 2. The van der Waals surface area contributed by atoms with Crippen LogP contribution in [0, 0.1) is 0 Å². The molecule has 1 fully saturated rings. The van der Waals surface area contributed by atoms with Crippen LogP contribution in [0.4, 0.5) is 5.69 Å². The van der Waals surface area contributed by atoms with Gasteiger partial charge >= 0.3 is 5.76 Å². The van der Waals surface area contributed by atoms with Gasteiger partial charge in [0.15, 0.2) is 5.58 Å². The van der Waals surface area contributed by atoms with Gasteiger partial charge in [-0.25, -0.2) is 13.2 Å². The Morgan fingerprint density at radius 2 is 1.65 bits per heavy atom. The molecule has 3 N–H and O–H groups in total. The standard InChI is InChI=1S/C17H19N3O4S.C6H12/c1-11(2)18-10-12-5-3-4-6-14(12)20-25(22,23)13-7-8-16-15(9-13)19-17(21)24-16;1-2-4-6-5-3-1/h3-9,11,18,20H,10H2,1-2H3,(H,19,21);1-6H2. The van der Waals surface area contributed by atoms with Gasteiger partial charge in [-0.3, -0.25) is 9.71 Å². The zero-order valence-electron chi connectivity index (χ0n) is 18.1. The first-order chi connectivity index (χ1) is 14.8. The van der Waals surface area contributed by atoms with Gasteiger partial charge in [-0.1, -0.05) is 70.6 Å². The lowest BCUT2D eigenvalue weighted by Gasteiger charge is -2.14. The summed E-state index contributed by atoms with van der Waals surface area (Å²) in [6.07, 6.45) is 9.00. The Hall–Kier alpha value is -2.58. The van der Waals surface area contributed by atoms with Gasteiger partial charge in [0.05, 0.1) is 16.1 Å². The molecule has 8 heteroatoms. The highest BCUT2D eigenvalue weighted by molar-refractivity contribution is 7.92. The minimum atomic E-state index is -3.80. The highest BCUT2D eigenvalue weighted by Crippen LogP contribution is 2.22. The summed E-state index contributed by atoms with van der Waals surface area (Å²) in [5.74, 6) is -0.623. The van der Waals surface area contributed by atoms with Crippen LogP contribution in [0.15, 0.2) is 56.6 Å². The normalized spacial score (nSPS) is 14.3. The smallest absolute Gasteiger partial charge is 0.408 e. The Morgan fingerprint density at radius 3 is 2.29 bits per heavy atom. The number of fused-ring (bicyclic) bond motifs is 1. The molecular formula is C23H31N3O4S. The fourth-order valence-corrected chi connectivity index (χ4v) is 4.58. The van der Waals surface area contributed by atoms with Gasteiger partial charge in [0.2, 0.25) is 0 Å². The molecule has 1 aliphatic rings. The van der Waals surface area contributed by atoms with Gasteiger partial charge in [-0.15, -0.1) is 0 Å². The first-order valence-corrected chi connectivity index (χ1v) is 12.3. The molecule has 1 saturated carbocycles. The molecule has 1 heterocycles. The molecule has 7 nitrogen and oxygen atoms in total.